The maximum atomic E-state index is 6.12. The van der Waals surface area contributed by atoms with Gasteiger partial charge in [-0.2, -0.15) is 0 Å². The van der Waals surface area contributed by atoms with E-state index in [9.17, 15) is 0 Å². The fraction of sp³-hybridized carbons (Fsp3) is 1.00. The van der Waals surface area contributed by atoms with E-state index in [1.165, 1.54) is 32.1 Å². The van der Waals surface area contributed by atoms with E-state index < -0.39 is 0 Å². The van der Waals surface area contributed by atoms with Crippen LogP contribution in [0.3, 0.4) is 0 Å². The van der Waals surface area contributed by atoms with Crippen molar-refractivity contribution in [3.63, 3.8) is 0 Å². The molecule has 0 heterocycles. The summed E-state index contributed by atoms with van der Waals surface area (Å²) in [7, 11) is 0. The molecule has 1 rings (SSSR count). The van der Waals surface area contributed by atoms with Crippen molar-refractivity contribution >= 4 is 0 Å². The second-order valence-corrected chi connectivity index (χ2v) is 6.53. The van der Waals surface area contributed by atoms with E-state index in [0.717, 1.165) is 32.3 Å². The largest absolute Gasteiger partial charge is 0.379 e. The van der Waals surface area contributed by atoms with E-state index in [2.05, 4.69) is 33.0 Å². The van der Waals surface area contributed by atoms with Crippen molar-refractivity contribution in [3.05, 3.63) is 0 Å². The molecule has 0 aromatic carbocycles. The van der Waals surface area contributed by atoms with Gasteiger partial charge in [-0.3, -0.25) is 0 Å². The Morgan fingerprint density at radius 3 is 2.60 bits per heavy atom. The van der Waals surface area contributed by atoms with Crippen LogP contribution in [0, 0.1) is 11.8 Å². The normalized spacial score (nSPS) is 27.1. The van der Waals surface area contributed by atoms with Gasteiger partial charge >= 0.3 is 0 Å². The molecule has 0 aromatic rings. The van der Waals surface area contributed by atoms with Gasteiger partial charge < -0.3 is 14.8 Å². The molecule has 20 heavy (non-hydrogen) atoms. The van der Waals surface area contributed by atoms with Crippen molar-refractivity contribution in [1.29, 1.82) is 0 Å². The molecular weight excluding hydrogens is 250 g/mol. The van der Waals surface area contributed by atoms with Crippen LogP contribution in [0.25, 0.3) is 0 Å². The maximum Gasteiger partial charge on any atom is 0.0731 e. The van der Waals surface area contributed by atoms with Crippen molar-refractivity contribution in [2.75, 3.05) is 26.4 Å². The van der Waals surface area contributed by atoms with Crippen LogP contribution in [0.1, 0.15) is 59.8 Å². The number of rotatable bonds is 10. The third-order valence-corrected chi connectivity index (χ3v) is 4.15. The van der Waals surface area contributed by atoms with E-state index in [4.69, 9.17) is 9.47 Å². The van der Waals surface area contributed by atoms with Gasteiger partial charge in [0.2, 0.25) is 0 Å². The Balaban J connectivity index is 2.27. The van der Waals surface area contributed by atoms with Gasteiger partial charge in [-0.1, -0.05) is 34.1 Å². The molecule has 0 aliphatic heterocycles. The highest BCUT2D eigenvalue weighted by Gasteiger charge is 2.29. The van der Waals surface area contributed by atoms with Crippen LogP contribution in [0.4, 0.5) is 0 Å². The van der Waals surface area contributed by atoms with Crippen molar-refractivity contribution in [2.45, 2.75) is 71.9 Å². The van der Waals surface area contributed by atoms with Gasteiger partial charge in [-0.25, -0.2) is 0 Å². The summed E-state index contributed by atoms with van der Waals surface area (Å²) in [5.74, 6) is 1.45. The predicted octanol–water partition coefficient (Wildman–Crippen LogP) is 3.62. The van der Waals surface area contributed by atoms with Crippen LogP contribution < -0.4 is 5.32 Å². The van der Waals surface area contributed by atoms with Crippen molar-refractivity contribution in [3.8, 4) is 0 Å². The first-order valence-corrected chi connectivity index (χ1v) is 8.60. The number of ether oxygens (including phenoxy) is 2. The Bertz CT molecular complexity index is 233. The van der Waals surface area contributed by atoms with E-state index in [-0.39, 0.29) is 0 Å². The van der Waals surface area contributed by atoms with Gasteiger partial charge in [0.15, 0.2) is 0 Å². The van der Waals surface area contributed by atoms with Crippen LogP contribution in [0.2, 0.25) is 0 Å². The quantitative estimate of drug-likeness (QED) is 0.622. The molecule has 3 nitrogen and oxygen atoms in total. The molecular formula is C17H35NO2. The van der Waals surface area contributed by atoms with Crippen molar-refractivity contribution < 1.29 is 9.47 Å². The van der Waals surface area contributed by atoms with E-state index in [1.54, 1.807) is 0 Å². The van der Waals surface area contributed by atoms with Crippen molar-refractivity contribution in [2.24, 2.45) is 11.8 Å². The molecule has 0 aromatic heterocycles. The second-order valence-electron chi connectivity index (χ2n) is 6.53. The maximum absolute atomic E-state index is 6.12. The minimum atomic E-state index is 0.378. The summed E-state index contributed by atoms with van der Waals surface area (Å²) in [4.78, 5) is 0. The van der Waals surface area contributed by atoms with Crippen LogP contribution in [0.15, 0.2) is 0 Å². The molecule has 0 spiro atoms. The lowest BCUT2D eigenvalue weighted by molar-refractivity contribution is -0.0389. The number of nitrogens with one attached hydrogen (secondary N) is 1. The van der Waals surface area contributed by atoms with Gasteiger partial charge in [0, 0.05) is 12.6 Å². The summed E-state index contributed by atoms with van der Waals surface area (Å²) in [5.41, 5.74) is 0. The first-order chi connectivity index (χ1) is 9.67. The van der Waals surface area contributed by atoms with E-state index in [0.29, 0.717) is 18.1 Å². The molecule has 1 aliphatic carbocycles. The zero-order valence-corrected chi connectivity index (χ0v) is 14.0. The summed E-state index contributed by atoms with van der Waals surface area (Å²) in [6.07, 6.45) is 6.67. The van der Waals surface area contributed by atoms with Gasteiger partial charge in [0.05, 0.1) is 19.3 Å². The molecule has 3 heteroatoms. The van der Waals surface area contributed by atoms with Gasteiger partial charge in [-0.15, -0.1) is 0 Å². The molecule has 0 bridgehead atoms. The Morgan fingerprint density at radius 1 is 1.15 bits per heavy atom. The smallest absolute Gasteiger partial charge is 0.0731 e. The number of hydrogen-bond donors (Lipinski definition) is 1. The average molecular weight is 285 g/mol. The third kappa shape index (κ3) is 7.05. The van der Waals surface area contributed by atoms with Crippen LogP contribution in [0.5, 0.6) is 0 Å². The molecule has 0 amide bonds. The first kappa shape index (κ1) is 17.9. The molecule has 3 atom stereocenters. The van der Waals surface area contributed by atoms with Crippen LogP contribution >= 0.6 is 0 Å². The Morgan fingerprint density at radius 2 is 1.95 bits per heavy atom. The zero-order valence-electron chi connectivity index (χ0n) is 14.0. The predicted molar refractivity (Wildman–Crippen MR) is 85.1 cm³/mol. The van der Waals surface area contributed by atoms with Gasteiger partial charge in [-0.05, 0) is 44.1 Å². The summed E-state index contributed by atoms with van der Waals surface area (Å²) in [6.45, 7) is 12.3. The summed E-state index contributed by atoms with van der Waals surface area (Å²) < 4.78 is 11.7. The molecule has 1 N–H and O–H groups in total. The van der Waals surface area contributed by atoms with Crippen LogP contribution in [-0.4, -0.2) is 38.5 Å². The van der Waals surface area contributed by atoms with E-state index >= 15 is 0 Å². The molecule has 1 aliphatic rings. The highest BCUT2D eigenvalue weighted by Crippen LogP contribution is 2.28. The molecule has 1 saturated carbocycles. The summed E-state index contributed by atoms with van der Waals surface area (Å²) >= 11 is 0. The highest BCUT2D eigenvalue weighted by atomic mass is 16.5. The monoisotopic (exact) mass is 285 g/mol. The lowest BCUT2D eigenvalue weighted by atomic mass is 9.82. The lowest BCUT2D eigenvalue weighted by Crippen LogP contribution is -2.46. The standard InChI is InChI=1S/C17H35NO2/c1-5-9-18-16-8-7-15(6-2)12-17(16)20-11-10-19-13-14(3)4/h14-18H,5-13H2,1-4H3. The zero-order chi connectivity index (χ0) is 14.8. The molecule has 120 valence electrons. The fourth-order valence-corrected chi connectivity index (χ4v) is 2.91. The fourth-order valence-electron chi connectivity index (χ4n) is 2.91. The second kappa shape index (κ2) is 10.6. The van der Waals surface area contributed by atoms with Crippen molar-refractivity contribution in [1.82, 2.24) is 5.32 Å². The minimum absolute atomic E-state index is 0.378. The van der Waals surface area contributed by atoms with Gasteiger partial charge in [0.1, 0.15) is 0 Å². The Kier molecular flexibility index (Phi) is 9.49. The molecule has 0 radical (unpaired) electrons. The number of hydrogen-bond acceptors (Lipinski definition) is 3. The first-order valence-electron chi connectivity index (χ1n) is 8.60. The molecule has 1 fully saturated rings. The molecule has 0 saturated heterocycles. The topological polar surface area (TPSA) is 30.5 Å². The van der Waals surface area contributed by atoms with Gasteiger partial charge in [0.25, 0.3) is 0 Å². The molecule has 3 unspecified atom stereocenters. The third-order valence-electron chi connectivity index (χ3n) is 4.15. The van der Waals surface area contributed by atoms with E-state index in [1.807, 2.05) is 0 Å². The van der Waals surface area contributed by atoms with Crippen LogP contribution in [-0.2, 0) is 9.47 Å². The lowest BCUT2D eigenvalue weighted by Gasteiger charge is -2.36. The minimum Gasteiger partial charge on any atom is -0.379 e. The summed E-state index contributed by atoms with van der Waals surface area (Å²) in [5, 5.41) is 3.66. The average Bonchev–Trinajstić information content (AvgIpc) is 2.45. The Hall–Kier alpha value is -0.120. The summed E-state index contributed by atoms with van der Waals surface area (Å²) in [6, 6.07) is 0.544. The Labute approximate surface area is 125 Å². The SMILES string of the molecule is CCCNC1CCC(CC)CC1OCCOCC(C)C. The highest BCUT2D eigenvalue weighted by molar-refractivity contribution is 4.85.